The number of benzene rings is 15. The molecule has 0 N–H and O–H groups in total. The van der Waals surface area contributed by atoms with Crippen LogP contribution >= 0.6 is 0 Å². The molecule has 0 fully saturated rings. The van der Waals surface area contributed by atoms with Crippen molar-refractivity contribution in [3.05, 3.63) is 332 Å². The Balaban J connectivity index is 0.000000145. The van der Waals surface area contributed by atoms with Gasteiger partial charge in [-0.1, -0.05) is 249 Å². The first-order valence-electron chi connectivity index (χ1n) is 30.3. The molecule has 4 nitrogen and oxygen atoms in total. The summed E-state index contributed by atoms with van der Waals surface area (Å²) >= 11 is 0. The zero-order chi connectivity index (χ0) is 60.1. The van der Waals surface area contributed by atoms with Gasteiger partial charge in [0.25, 0.3) is 0 Å². The first-order chi connectivity index (χ1) is 44.5. The fraction of sp³-hybridized carbons (Fsp3) is 0. The minimum absolute atomic E-state index is 0.635. The Bertz CT molecular complexity index is 5810. The quantitative estimate of drug-likeness (QED) is 0.118. The van der Waals surface area contributed by atoms with E-state index in [1.807, 2.05) is 42.5 Å². The predicted molar refractivity (Wildman–Crippen MR) is 378 cm³/mol. The summed E-state index contributed by atoms with van der Waals surface area (Å²) in [5.74, 6) is 0. The van der Waals surface area contributed by atoms with Crippen LogP contribution in [0, 0.1) is 17.9 Å². The molecule has 0 aliphatic carbocycles. The minimum Gasteiger partial charge on any atom is -0.247 e. The third kappa shape index (κ3) is 9.78. The highest BCUT2D eigenvalue weighted by Crippen LogP contribution is 2.44. The van der Waals surface area contributed by atoms with Crippen molar-refractivity contribution in [3.63, 3.8) is 0 Å². The SMILES string of the molecule is N#Cc1ccc(-c2ccc(-c3cc4c(-c5ccc6ccccc6c5)cc(-c5ccc6ccccc6c5)nc4c4ccccc34)cc2)cc1.[C-]#[N+]c1cccc(-c2cc3c(-c4ccc5ccccc5c4)cc(-c4ccc5ccccc5c4)nc3c3ccccc23)c1. The summed E-state index contributed by atoms with van der Waals surface area (Å²) in [4.78, 5) is 14.5. The molecule has 2 heterocycles. The highest BCUT2D eigenvalue weighted by Gasteiger charge is 2.19. The van der Waals surface area contributed by atoms with Crippen molar-refractivity contribution in [2.24, 2.45) is 0 Å². The molecule has 17 rings (SSSR count). The molecule has 0 saturated carbocycles. The van der Waals surface area contributed by atoms with Gasteiger partial charge in [-0.25, -0.2) is 14.8 Å². The fourth-order valence-electron chi connectivity index (χ4n) is 13.1. The summed E-state index contributed by atoms with van der Waals surface area (Å²) in [6, 6.07) is 113. The van der Waals surface area contributed by atoms with Gasteiger partial charge in [0.2, 0.25) is 0 Å². The van der Waals surface area contributed by atoms with E-state index >= 15 is 0 Å². The molecule has 0 radical (unpaired) electrons. The number of nitriles is 1. The van der Waals surface area contributed by atoms with E-state index < -0.39 is 0 Å². The Kier molecular flexibility index (Phi) is 13.3. The Hall–Kier alpha value is -12.3. The van der Waals surface area contributed by atoms with Crippen molar-refractivity contribution >= 4 is 92.1 Å². The average Bonchev–Trinajstić information content (AvgIpc) is 1.15. The van der Waals surface area contributed by atoms with Crippen LogP contribution in [0.3, 0.4) is 0 Å². The largest absolute Gasteiger partial charge is 0.247 e. The highest BCUT2D eigenvalue weighted by molar-refractivity contribution is 6.18. The van der Waals surface area contributed by atoms with Crippen molar-refractivity contribution in [3.8, 4) is 84.2 Å². The maximum absolute atomic E-state index is 9.22. The number of hydrogen-bond donors (Lipinski definition) is 0. The third-order valence-corrected chi connectivity index (χ3v) is 17.7. The highest BCUT2D eigenvalue weighted by atomic mass is 14.7. The van der Waals surface area contributed by atoms with Crippen molar-refractivity contribution in [2.45, 2.75) is 0 Å². The summed E-state index contributed by atoms with van der Waals surface area (Å²) in [5.41, 5.74) is 18.7. The van der Waals surface area contributed by atoms with E-state index in [4.69, 9.17) is 16.5 Å². The Morgan fingerprint density at radius 1 is 0.256 bits per heavy atom. The van der Waals surface area contributed by atoms with Crippen molar-refractivity contribution < 1.29 is 0 Å². The Labute approximate surface area is 521 Å². The molecule has 0 amide bonds. The van der Waals surface area contributed by atoms with E-state index in [0.717, 1.165) is 105 Å². The zero-order valence-electron chi connectivity index (χ0n) is 48.8. The predicted octanol–water partition coefficient (Wildman–Crippen LogP) is 23.5. The molecule has 0 bridgehead atoms. The van der Waals surface area contributed by atoms with Crippen LogP contribution in [-0.4, -0.2) is 9.97 Å². The van der Waals surface area contributed by atoms with E-state index in [1.54, 1.807) is 0 Å². The second-order valence-corrected chi connectivity index (χ2v) is 23.0. The van der Waals surface area contributed by atoms with Crippen LogP contribution < -0.4 is 0 Å². The standard InChI is InChI=1S/C46H28N2.C40H24N2/c47-29-30-13-15-33(16-14-30)34-17-21-35(22-18-34)42-27-44-43(38-23-19-31-7-1-3-9-36(31)25-38)28-45(48-46(44)41-12-6-5-11-40(41)42)39-24-20-32-8-2-4-10-37(32)26-39;1-41-33-14-8-13-30(23-33)36-24-38-37(31-19-17-26-9-2-4-11-28(26)21-31)25-39(42-40(38)35-16-7-6-15-34(35)36)32-20-18-27-10-3-5-12-29(27)22-32/h1-28H;2-25H. The Morgan fingerprint density at radius 2 is 0.589 bits per heavy atom. The lowest BCUT2D eigenvalue weighted by Crippen LogP contribution is -1.93. The summed E-state index contributed by atoms with van der Waals surface area (Å²) < 4.78 is 0. The van der Waals surface area contributed by atoms with Gasteiger partial charge in [-0.2, -0.15) is 5.26 Å². The number of nitrogens with zero attached hydrogens (tertiary/aromatic N) is 4. The van der Waals surface area contributed by atoms with Gasteiger partial charge in [0.05, 0.1) is 40.6 Å². The lowest BCUT2D eigenvalue weighted by molar-refractivity contribution is 1.41. The summed E-state index contributed by atoms with van der Waals surface area (Å²) in [5, 5.41) is 25.7. The molecular formula is C86H52N4. The van der Waals surface area contributed by atoms with Crippen LogP contribution in [-0.2, 0) is 0 Å². The van der Waals surface area contributed by atoms with E-state index in [2.05, 4.69) is 284 Å². The molecule has 0 aliphatic rings. The lowest BCUT2D eigenvalue weighted by Gasteiger charge is -2.16. The van der Waals surface area contributed by atoms with Crippen LogP contribution in [0.15, 0.2) is 315 Å². The van der Waals surface area contributed by atoms with E-state index in [0.29, 0.717) is 11.3 Å². The molecule has 4 heteroatoms. The maximum Gasteiger partial charge on any atom is 0.187 e. The third-order valence-electron chi connectivity index (χ3n) is 17.7. The molecule has 416 valence electrons. The van der Waals surface area contributed by atoms with Crippen LogP contribution in [0.4, 0.5) is 5.69 Å². The molecule has 17 aromatic rings. The summed E-state index contributed by atoms with van der Waals surface area (Å²) in [6.45, 7) is 7.58. The van der Waals surface area contributed by atoms with Crippen molar-refractivity contribution in [1.29, 1.82) is 5.26 Å². The molecule has 0 spiro atoms. The topological polar surface area (TPSA) is 53.9 Å². The molecule has 0 saturated heterocycles. The van der Waals surface area contributed by atoms with Gasteiger partial charge in [-0.05, 0) is 176 Å². The fourth-order valence-corrected chi connectivity index (χ4v) is 13.1. The van der Waals surface area contributed by atoms with Gasteiger partial charge < -0.3 is 0 Å². The summed E-state index contributed by atoms with van der Waals surface area (Å²) in [6.07, 6.45) is 0. The van der Waals surface area contributed by atoms with Gasteiger partial charge in [0.1, 0.15) is 0 Å². The number of rotatable bonds is 7. The minimum atomic E-state index is 0.635. The molecule has 0 unspecified atom stereocenters. The molecule has 0 aliphatic heterocycles. The number of aromatic nitrogens is 2. The van der Waals surface area contributed by atoms with Crippen LogP contribution in [0.1, 0.15) is 5.56 Å². The molecule has 2 aromatic heterocycles. The van der Waals surface area contributed by atoms with Crippen LogP contribution in [0.5, 0.6) is 0 Å². The van der Waals surface area contributed by atoms with Gasteiger partial charge in [-0.15, -0.1) is 0 Å². The molecule has 0 atom stereocenters. The van der Waals surface area contributed by atoms with Gasteiger partial charge in [-0.3, -0.25) is 0 Å². The van der Waals surface area contributed by atoms with E-state index in [9.17, 15) is 5.26 Å². The first kappa shape index (κ1) is 53.2. The lowest BCUT2D eigenvalue weighted by atomic mass is 9.90. The van der Waals surface area contributed by atoms with Gasteiger partial charge in [0.15, 0.2) is 5.69 Å². The second kappa shape index (κ2) is 22.5. The summed E-state index contributed by atoms with van der Waals surface area (Å²) in [7, 11) is 0. The molecule has 15 aromatic carbocycles. The van der Waals surface area contributed by atoms with E-state index in [-0.39, 0.29) is 0 Å². The van der Waals surface area contributed by atoms with Gasteiger partial charge >= 0.3 is 0 Å². The average molecular weight is 1140 g/mol. The van der Waals surface area contributed by atoms with Crippen LogP contribution in [0.25, 0.3) is 169 Å². The smallest absolute Gasteiger partial charge is 0.187 e. The number of fused-ring (bicyclic) bond motifs is 10. The maximum atomic E-state index is 9.22. The second-order valence-electron chi connectivity index (χ2n) is 23.0. The first-order valence-corrected chi connectivity index (χ1v) is 30.3. The Morgan fingerprint density at radius 3 is 1.02 bits per heavy atom. The number of pyridine rings is 2. The van der Waals surface area contributed by atoms with Gasteiger partial charge in [0, 0.05) is 32.7 Å². The van der Waals surface area contributed by atoms with Crippen molar-refractivity contribution in [1.82, 2.24) is 9.97 Å². The normalized spacial score (nSPS) is 11.3. The molecular weight excluding hydrogens is 1090 g/mol. The zero-order valence-corrected chi connectivity index (χ0v) is 48.8. The van der Waals surface area contributed by atoms with E-state index in [1.165, 1.54) is 59.6 Å². The molecule has 90 heavy (non-hydrogen) atoms. The monoisotopic (exact) mass is 1140 g/mol. The van der Waals surface area contributed by atoms with Crippen LogP contribution in [0.2, 0.25) is 0 Å². The number of hydrogen-bond acceptors (Lipinski definition) is 3. The van der Waals surface area contributed by atoms with Crippen molar-refractivity contribution in [2.75, 3.05) is 0 Å².